The number of ketones is 1. The SMILES string of the molecule is COc1cc(F)c(C(=O)CC(=O)O)cc1Cc1cccc(Cl)c1F. The zero-order valence-electron chi connectivity index (χ0n) is 12.6. The lowest BCUT2D eigenvalue weighted by molar-refractivity contribution is -0.135. The smallest absolute Gasteiger partial charge is 0.311 e. The largest absolute Gasteiger partial charge is 0.496 e. The molecule has 0 atom stereocenters. The Morgan fingerprint density at radius 2 is 1.92 bits per heavy atom. The van der Waals surface area contributed by atoms with E-state index in [1.165, 1.54) is 25.3 Å². The minimum atomic E-state index is -1.36. The number of aliphatic carboxylic acids is 1. The lowest BCUT2D eigenvalue weighted by atomic mass is 9.98. The average Bonchev–Trinajstić information content (AvgIpc) is 2.52. The van der Waals surface area contributed by atoms with E-state index in [0.29, 0.717) is 5.56 Å². The maximum absolute atomic E-state index is 14.0. The minimum Gasteiger partial charge on any atom is -0.496 e. The number of Topliss-reactive ketones (excluding diaryl/α,β-unsaturated/α-hetero) is 1. The Hall–Kier alpha value is -2.47. The first kappa shape index (κ1) is 17.9. The van der Waals surface area contributed by atoms with Crippen molar-refractivity contribution >= 4 is 23.4 Å². The van der Waals surface area contributed by atoms with Crippen molar-refractivity contribution < 1.29 is 28.2 Å². The molecule has 0 bridgehead atoms. The van der Waals surface area contributed by atoms with E-state index in [9.17, 15) is 18.4 Å². The molecule has 0 aromatic heterocycles. The Balaban J connectivity index is 2.46. The molecule has 0 saturated heterocycles. The van der Waals surface area contributed by atoms with Crippen molar-refractivity contribution in [1.29, 1.82) is 0 Å². The second-order valence-electron chi connectivity index (χ2n) is 5.03. The van der Waals surface area contributed by atoms with Crippen molar-refractivity contribution in [2.45, 2.75) is 12.8 Å². The van der Waals surface area contributed by atoms with Crippen LogP contribution in [0.25, 0.3) is 0 Å². The van der Waals surface area contributed by atoms with Gasteiger partial charge in [0.2, 0.25) is 0 Å². The van der Waals surface area contributed by atoms with E-state index >= 15 is 0 Å². The average molecular weight is 355 g/mol. The number of hydrogen-bond acceptors (Lipinski definition) is 3. The summed E-state index contributed by atoms with van der Waals surface area (Å²) in [6, 6.07) is 6.62. The first-order valence-electron chi connectivity index (χ1n) is 6.87. The van der Waals surface area contributed by atoms with Gasteiger partial charge in [-0.2, -0.15) is 0 Å². The van der Waals surface area contributed by atoms with E-state index in [1.807, 2.05) is 0 Å². The molecule has 0 aliphatic heterocycles. The second kappa shape index (κ2) is 7.40. The summed E-state index contributed by atoms with van der Waals surface area (Å²) in [5.74, 6) is -3.63. The highest BCUT2D eigenvalue weighted by atomic mass is 35.5. The molecule has 2 aromatic carbocycles. The first-order chi connectivity index (χ1) is 11.3. The van der Waals surface area contributed by atoms with Gasteiger partial charge in [0.25, 0.3) is 0 Å². The molecule has 0 fully saturated rings. The van der Waals surface area contributed by atoms with Crippen molar-refractivity contribution in [1.82, 2.24) is 0 Å². The number of hydrogen-bond donors (Lipinski definition) is 1. The Morgan fingerprint density at radius 1 is 1.21 bits per heavy atom. The molecule has 4 nitrogen and oxygen atoms in total. The molecule has 0 saturated carbocycles. The van der Waals surface area contributed by atoms with E-state index in [0.717, 1.165) is 6.07 Å². The summed E-state index contributed by atoms with van der Waals surface area (Å²) < 4.78 is 33.1. The fourth-order valence-corrected chi connectivity index (χ4v) is 2.46. The predicted octanol–water partition coefficient (Wildman–Crippen LogP) is 3.88. The molecule has 0 radical (unpaired) electrons. The van der Waals surface area contributed by atoms with Crippen LogP contribution in [0.3, 0.4) is 0 Å². The normalized spacial score (nSPS) is 10.5. The van der Waals surface area contributed by atoms with Gasteiger partial charge in [-0.1, -0.05) is 23.7 Å². The van der Waals surface area contributed by atoms with Crippen molar-refractivity contribution in [3.8, 4) is 5.75 Å². The number of benzene rings is 2. The molecule has 0 spiro atoms. The Bertz CT molecular complexity index is 805. The fourth-order valence-electron chi connectivity index (χ4n) is 2.26. The van der Waals surface area contributed by atoms with Crippen molar-refractivity contribution in [3.05, 3.63) is 63.7 Å². The van der Waals surface area contributed by atoms with Crippen LogP contribution in [0.2, 0.25) is 5.02 Å². The molecule has 2 rings (SSSR count). The van der Waals surface area contributed by atoms with Crippen LogP contribution in [-0.2, 0) is 11.2 Å². The number of rotatable bonds is 6. The predicted molar refractivity (Wildman–Crippen MR) is 83.8 cm³/mol. The second-order valence-corrected chi connectivity index (χ2v) is 5.43. The fraction of sp³-hybridized carbons (Fsp3) is 0.176. The number of carboxylic acids is 1. The summed E-state index contributed by atoms with van der Waals surface area (Å²) in [5, 5.41) is 8.62. The van der Waals surface area contributed by atoms with Gasteiger partial charge in [0.15, 0.2) is 5.78 Å². The van der Waals surface area contributed by atoms with Crippen LogP contribution >= 0.6 is 11.6 Å². The molecule has 0 unspecified atom stereocenters. The lowest BCUT2D eigenvalue weighted by Crippen LogP contribution is -2.10. The van der Waals surface area contributed by atoms with Gasteiger partial charge in [0.1, 0.15) is 23.8 Å². The van der Waals surface area contributed by atoms with Crippen LogP contribution < -0.4 is 4.74 Å². The van der Waals surface area contributed by atoms with Crippen molar-refractivity contribution in [2.75, 3.05) is 7.11 Å². The van der Waals surface area contributed by atoms with Crippen molar-refractivity contribution in [3.63, 3.8) is 0 Å². The van der Waals surface area contributed by atoms with Crippen LogP contribution in [0.4, 0.5) is 8.78 Å². The minimum absolute atomic E-state index is 0.00317. The zero-order chi connectivity index (χ0) is 17.9. The molecule has 0 amide bonds. The van der Waals surface area contributed by atoms with Crippen molar-refractivity contribution in [2.24, 2.45) is 0 Å². The quantitative estimate of drug-likeness (QED) is 0.631. The third-order valence-corrected chi connectivity index (χ3v) is 3.69. The zero-order valence-corrected chi connectivity index (χ0v) is 13.4. The van der Waals surface area contributed by atoms with E-state index in [1.54, 1.807) is 6.07 Å². The maximum Gasteiger partial charge on any atom is 0.311 e. The molecule has 0 aliphatic rings. The maximum atomic E-state index is 14.0. The molecule has 24 heavy (non-hydrogen) atoms. The molecule has 7 heteroatoms. The van der Waals surface area contributed by atoms with E-state index < -0.39 is 29.8 Å². The Labute approximate surface area is 141 Å². The summed E-state index contributed by atoms with van der Waals surface area (Å²) in [7, 11) is 1.31. The van der Waals surface area contributed by atoms with Gasteiger partial charge in [-0.15, -0.1) is 0 Å². The molecular weight excluding hydrogens is 342 g/mol. The summed E-state index contributed by atoms with van der Waals surface area (Å²) >= 11 is 5.73. The van der Waals surface area contributed by atoms with E-state index in [2.05, 4.69) is 0 Å². The lowest BCUT2D eigenvalue weighted by Gasteiger charge is -2.12. The number of carbonyl (C=O) groups is 2. The number of carboxylic acid groups (broad SMARTS) is 1. The van der Waals surface area contributed by atoms with Gasteiger partial charge in [-0.25, -0.2) is 8.78 Å². The number of ether oxygens (including phenoxy) is 1. The third kappa shape index (κ3) is 3.89. The number of halogens is 3. The first-order valence-corrected chi connectivity index (χ1v) is 7.25. The summed E-state index contributed by atoms with van der Waals surface area (Å²) in [6.45, 7) is 0. The highest BCUT2D eigenvalue weighted by molar-refractivity contribution is 6.30. The number of carbonyl (C=O) groups excluding carboxylic acids is 1. The van der Waals surface area contributed by atoms with Crippen LogP contribution in [0, 0.1) is 11.6 Å². The topological polar surface area (TPSA) is 63.6 Å². The standard InChI is InChI=1S/C17H13ClF2O4/c1-24-15-7-13(19)11(14(21)8-16(22)23)6-10(15)5-9-3-2-4-12(18)17(9)20/h2-4,6-7H,5,8H2,1H3,(H,22,23). The molecule has 0 aliphatic carbocycles. The molecule has 126 valence electrons. The molecule has 0 heterocycles. The highest BCUT2D eigenvalue weighted by Gasteiger charge is 2.19. The molecular formula is C17H13ClF2O4. The highest BCUT2D eigenvalue weighted by Crippen LogP contribution is 2.28. The Morgan fingerprint density at radius 3 is 2.54 bits per heavy atom. The van der Waals surface area contributed by atoms with Gasteiger partial charge in [0, 0.05) is 12.5 Å². The molecule has 1 N–H and O–H groups in total. The monoisotopic (exact) mass is 354 g/mol. The van der Waals surface area contributed by atoms with Gasteiger partial charge in [0.05, 0.1) is 17.7 Å². The van der Waals surface area contributed by atoms with Crippen LogP contribution in [0.15, 0.2) is 30.3 Å². The molecule has 2 aromatic rings. The summed E-state index contributed by atoms with van der Waals surface area (Å²) in [6.07, 6.45) is -0.836. The van der Waals surface area contributed by atoms with E-state index in [-0.39, 0.29) is 28.3 Å². The van der Waals surface area contributed by atoms with Gasteiger partial charge in [-0.05, 0) is 23.3 Å². The Kier molecular flexibility index (Phi) is 5.51. The van der Waals surface area contributed by atoms with E-state index in [4.69, 9.17) is 21.4 Å². The third-order valence-electron chi connectivity index (χ3n) is 3.39. The van der Waals surface area contributed by atoms with Crippen LogP contribution in [0.1, 0.15) is 27.9 Å². The van der Waals surface area contributed by atoms with Gasteiger partial charge >= 0.3 is 5.97 Å². The summed E-state index contributed by atoms with van der Waals surface area (Å²) in [4.78, 5) is 22.5. The summed E-state index contributed by atoms with van der Waals surface area (Å²) in [5.41, 5.74) is 0.202. The van der Waals surface area contributed by atoms with Crippen LogP contribution in [-0.4, -0.2) is 24.0 Å². The van der Waals surface area contributed by atoms with Gasteiger partial charge < -0.3 is 9.84 Å². The van der Waals surface area contributed by atoms with Crippen LogP contribution in [0.5, 0.6) is 5.75 Å². The van der Waals surface area contributed by atoms with Gasteiger partial charge in [-0.3, -0.25) is 9.59 Å². The number of methoxy groups -OCH3 is 1.